The molecule has 0 saturated carbocycles. The molecule has 0 radical (unpaired) electrons. The summed E-state index contributed by atoms with van der Waals surface area (Å²) < 4.78 is 0. The highest BCUT2D eigenvalue weighted by Gasteiger charge is 2.29. The molecule has 4 heteroatoms. The molecule has 1 aromatic heterocycles. The van der Waals surface area contributed by atoms with Gasteiger partial charge in [0.05, 0.1) is 0 Å². The summed E-state index contributed by atoms with van der Waals surface area (Å²) in [7, 11) is 0. The number of pyridine rings is 1. The molecule has 1 aromatic carbocycles. The van der Waals surface area contributed by atoms with Crippen LogP contribution in [0.5, 0.6) is 0 Å². The predicted octanol–water partition coefficient (Wildman–Crippen LogP) is 2.51. The van der Waals surface area contributed by atoms with Crippen molar-refractivity contribution in [1.29, 1.82) is 0 Å². The molecule has 23 heavy (non-hydrogen) atoms. The highest BCUT2D eigenvalue weighted by Crippen LogP contribution is 2.21. The molecule has 2 fully saturated rings. The van der Waals surface area contributed by atoms with E-state index in [1.165, 1.54) is 32.4 Å². The number of likely N-dealkylation sites (tertiary alicyclic amines) is 2. The number of H-pyrrole nitrogens is 1. The highest BCUT2D eigenvalue weighted by molar-refractivity contribution is 5.79. The van der Waals surface area contributed by atoms with Crippen LogP contribution in [-0.4, -0.2) is 47.0 Å². The fourth-order valence-corrected chi connectivity index (χ4v) is 4.10. The van der Waals surface area contributed by atoms with Crippen molar-refractivity contribution in [1.82, 2.24) is 14.8 Å². The second-order valence-corrected chi connectivity index (χ2v) is 7.13. The van der Waals surface area contributed by atoms with Crippen molar-refractivity contribution >= 4 is 10.9 Å². The van der Waals surface area contributed by atoms with Gasteiger partial charge in [0, 0.05) is 48.3 Å². The first kappa shape index (κ1) is 14.9. The third-order valence-corrected chi connectivity index (χ3v) is 5.34. The standard InChI is InChI=1S/C19H25N3O/c1-14-4-5-18-17(10-14)19(23)11-15(20-18)12-21-9-6-16(13-21)22-7-2-3-8-22/h4-5,10-11,16H,2-3,6-9,12-13H2,1H3,(H,20,23)/t16-/m1/s1. The van der Waals surface area contributed by atoms with Gasteiger partial charge in [-0.15, -0.1) is 0 Å². The highest BCUT2D eigenvalue weighted by atomic mass is 16.1. The molecule has 1 N–H and O–H groups in total. The molecule has 2 saturated heterocycles. The zero-order chi connectivity index (χ0) is 15.8. The quantitative estimate of drug-likeness (QED) is 0.947. The normalized spacial score (nSPS) is 23.1. The van der Waals surface area contributed by atoms with Crippen LogP contribution in [0, 0.1) is 6.92 Å². The van der Waals surface area contributed by atoms with E-state index in [0.717, 1.165) is 41.8 Å². The van der Waals surface area contributed by atoms with Crippen molar-refractivity contribution in [2.45, 2.75) is 38.8 Å². The van der Waals surface area contributed by atoms with Gasteiger partial charge in [0.25, 0.3) is 0 Å². The number of fused-ring (bicyclic) bond motifs is 1. The lowest BCUT2D eigenvalue weighted by molar-refractivity contribution is 0.229. The van der Waals surface area contributed by atoms with Crippen LogP contribution < -0.4 is 5.43 Å². The number of aryl methyl sites for hydroxylation is 1. The first-order valence-corrected chi connectivity index (χ1v) is 8.78. The van der Waals surface area contributed by atoms with Crippen molar-refractivity contribution in [2.24, 2.45) is 0 Å². The van der Waals surface area contributed by atoms with Gasteiger partial charge >= 0.3 is 0 Å². The molecule has 0 amide bonds. The SMILES string of the molecule is Cc1ccc2[nH]c(CN3CC[C@@H](N4CCCC4)C3)cc(=O)c2c1. The van der Waals surface area contributed by atoms with Crippen LogP contribution in [0.4, 0.5) is 0 Å². The van der Waals surface area contributed by atoms with Gasteiger partial charge in [0.2, 0.25) is 0 Å². The zero-order valence-electron chi connectivity index (χ0n) is 13.8. The van der Waals surface area contributed by atoms with E-state index in [0.29, 0.717) is 6.04 Å². The van der Waals surface area contributed by atoms with E-state index in [2.05, 4.69) is 20.9 Å². The van der Waals surface area contributed by atoms with Crippen molar-refractivity contribution in [3.8, 4) is 0 Å². The van der Waals surface area contributed by atoms with E-state index in [-0.39, 0.29) is 5.43 Å². The van der Waals surface area contributed by atoms with Crippen LogP contribution >= 0.6 is 0 Å². The number of benzene rings is 1. The van der Waals surface area contributed by atoms with Gasteiger partial charge in [-0.2, -0.15) is 0 Å². The Labute approximate surface area is 137 Å². The minimum absolute atomic E-state index is 0.132. The van der Waals surface area contributed by atoms with E-state index in [1.54, 1.807) is 6.07 Å². The molecule has 0 bridgehead atoms. The largest absolute Gasteiger partial charge is 0.357 e. The van der Waals surface area contributed by atoms with Gasteiger partial charge in [-0.3, -0.25) is 14.6 Å². The molecule has 3 heterocycles. The molecule has 122 valence electrons. The summed E-state index contributed by atoms with van der Waals surface area (Å²) in [5.41, 5.74) is 3.25. The average molecular weight is 311 g/mol. The zero-order valence-corrected chi connectivity index (χ0v) is 13.8. The minimum atomic E-state index is 0.132. The summed E-state index contributed by atoms with van der Waals surface area (Å²) in [5, 5.41) is 0.796. The van der Waals surface area contributed by atoms with E-state index in [1.807, 2.05) is 19.1 Å². The number of hydrogen-bond acceptors (Lipinski definition) is 3. The summed E-state index contributed by atoms with van der Waals surface area (Å²) in [4.78, 5) is 20.9. The van der Waals surface area contributed by atoms with Crippen LogP contribution in [0.15, 0.2) is 29.1 Å². The Balaban J connectivity index is 1.50. The molecule has 2 aromatic rings. The molecule has 1 atom stereocenters. The van der Waals surface area contributed by atoms with Crippen molar-refractivity contribution in [2.75, 3.05) is 26.2 Å². The number of nitrogens with one attached hydrogen (secondary N) is 1. The van der Waals surface area contributed by atoms with Crippen molar-refractivity contribution < 1.29 is 0 Å². The van der Waals surface area contributed by atoms with Gasteiger partial charge in [-0.1, -0.05) is 11.6 Å². The van der Waals surface area contributed by atoms with Crippen LogP contribution in [0.1, 0.15) is 30.5 Å². The predicted molar refractivity (Wildman–Crippen MR) is 93.8 cm³/mol. The average Bonchev–Trinajstić information content (AvgIpc) is 3.19. The maximum atomic E-state index is 12.4. The van der Waals surface area contributed by atoms with Crippen LogP contribution in [0.25, 0.3) is 10.9 Å². The second kappa shape index (κ2) is 6.10. The number of nitrogens with zero attached hydrogens (tertiary/aromatic N) is 2. The number of aromatic nitrogens is 1. The lowest BCUT2D eigenvalue weighted by Crippen LogP contribution is -2.35. The molecular weight excluding hydrogens is 286 g/mol. The van der Waals surface area contributed by atoms with Gasteiger partial charge < -0.3 is 4.98 Å². The Hall–Kier alpha value is -1.65. The second-order valence-electron chi connectivity index (χ2n) is 7.13. The molecule has 0 aliphatic carbocycles. The van der Waals surface area contributed by atoms with E-state index in [9.17, 15) is 4.79 Å². The Morgan fingerprint density at radius 3 is 2.83 bits per heavy atom. The number of aromatic amines is 1. The van der Waals surface area contributed by atoms with Crippen LogP contribution in [-0.2, 0) is 6.54 Å². The first-order valence-electron chi connectivity index (χ1n) is 8.78. The van der Waals surface area contributed by atoms with Gasteiger partial charge in [0.1, 0.15) is 0 Å². The lowest BCUT2D eigenvalue weighted by Gasteiger charge is -2.23. The van der Waals surface area contributed by atoms with Crippen LogP contribution in [0.2, 0.25) is 0 Å². The van der Waals surface area contributed by atoms with Gasteiger partial charge in [-0.25, -0.2) is 0 Å². The Bertz CT molecular complexity index is 761. The maximum absolute atomic E-state index is 12.4. The molecule has 0 unspecified atom stereocenters. The van der Waals surface area contributed by atoms with Crippen molar-refractivity contribution in [3.05, 3.63) is 45.7 Å². The molecule has 4 nitrogen and oxygen atoms in total. The fourth-order valence-electron chi connectivity index (χ4n) is 4.10. The third kappa shape index (κ3) is 3.06. The summed E-state index contributed by atoms with van der Waals surface area (Å²) in [6.07, 6.45) is 3.97. The molecule has 2 aliphatic heterocycles. The number of rotatable bonds is 3. The summed E-state index contributed by atoms with van der Waals surface area (Å²) >= 11 is 0. The first-order chi connectivity index (χ1) is 11.2. The third-order valence-electron chi connectivity index (χ3n) is 5.34. The Morgan fingerprint density at radius 1 is 1.17 bits per heavy atom. The maximum Gasteiger partial charge on any atom is 0.189 e. The van der Waals surface area contributed by atoms with Gasteiger partial charge in [-0.05, 0) is 51.4 Å². The lowest BCUT2D eigenvalue weighted by atomic mass is 10.1. The summed E-state index contributed by atoms with van der Waals surface area (Å²) in [6, 6.07) is 8.54. The summed E-state index contributed by atoms with van der Waals surface area (Å²) in [5.74, 6) is 0. The van der Waals surface area contributed by atoms with E-state index < -0.39 is 0 Å². The Kier molecular flexibility index (Phi) is 3.95. The molecule has 2 aliphatic rings. The molecule has 4 rings (SSSR count). The van der Waals surface area contributed by atoms with E-state index >= 15 is 0 Å². The van der Waals surface area contributed by atoms with E-state index in [4.69, 9.17) is 0 Å². The summed E-state index contributed by atoms with van der Waals surface area (Å²) in [6.45, 7) is 7.68. The smallest absolute Gasteiger partial charge is 0.189 e. The Morgan fingerprint density at radius 2 is 2.00 bits per heavy atom. The molecule has 0 spiro atoms. The van der Waals surface area contributed by atoms with Gasteiger partial charge in [0.15, 0.2) is 5.43 Å². The van der Waals surface area contributed by atoms with Crippen LogP contribution in [0.3, 0.4) is 0 Å². The number of hydrogen-bond donors (Lipinski definition) is 1. The topological polar surface area (TPSA) is 39.3 Å². The van der Waals surface area contributed by atoms with Crippen molar-refractivity contribution in [3.63, 3.8) is 0 Å². The molecular formula is C19H25N3O. The minimum Gasteiger partial charge on any atom is -0.357 e. The fraction of sp³-hybridized carbons (Fsp3) is 0.526. The monoisotopic (exact) mass is 311 g/mol.